The Morgan fingerprint density at radius 3 is 1.95 bits per heavy atom. The zero-order valence-electron chi connectivity index (χ0n) is 23.7. The van der Waals surface area contributed by atoms with Crippen LogP contribution in [-0.4, -0.2) is 59.6 Å². The standard InChI is InChI=1S/C30H41ClN2O6S/c1-32-26-15-11-10-14-24(26)30(25-19-18-23(31)22-27(25)40(32,36)37)33(20-12-6-4-8-16-28(34)38-2)21-13-7-5-9-17-29(35)39-3/h10-11,14-15,18-19,22,30H,4-9,12-13,16-17,20-21H2,1-3H3. The fourth-order valence-corrected chi connectivity index (χ4v) is 6.96. The molecule has 1 unspecified atom stereocenters. The van der Waals surface area contributed by atoms with Gasteiger partial charge in [0.15, 0.2) is 0 Å². The van der Waals surface area contributed by atoms with Gasteiger partial charge in [0.25, 0.3) is 10.0 Å². The van der Waals surface area contributed by atoms with Crippen molar-refractivity contribution < 1.29 is 27.5 Å². The maximum absolute atomic E-state index is 13.7. The summed E-state index contributed by atoms with van der Waals surface area (Å²) in [7, 11) is 0.591. The van der Waals surface area contributed by atoms with Crippen LogP contribution in [0.3, 0.4) is 0 Å². The first-order valence-corrected chi connectivity index (χ1v) is 15.8. The average molecular weight is 593 g/mol. The van der Waals surface area contributed by atoms with Gasteiger partial charge >= 0.3 is 11.9 Å². The highest BCUT2D eigenvalue weighted by atomic mass is 35.5. The van der Waals surface area contributed by atoms with Crippen molar-refractivity contribution in [2.24, 2.45) is 0 Å². The van der Waals surface area contributed by atoms with Crippen molar-refractivity contribution in [1.29, 1.82) is 0 Å². The zero-order valence-corrected chi connectivity index (χ0v) is 25.3. The molecule has 0 fully saturated rings. The smallest absolute Gasteiger partial charge is 0.305 e. The second-order valence-corrected chi connectivity index (χ2v) is 12.5. The molecule has 1 aliphatic rings. The fourth-order valence-electron chi connectivity index (χ4n) is 5.25. The molecule has 0 aliphatic carbocycles. The van der Waals surface area contributed by atoms with Crippen LogP contribution in [0.15, 0.2) is 47.4 Å². The highest BCUT2D eigenvalue weighted by molar-refractivity contribution is 7.92. The third-order valence-corrected chi connectivity index (χ3v) is 9.51. The van der Waals surface area contributed by atoms with Gasteiger partial charge in [-0.25, -0.2) is 8.42 Å². The second-order valence-electron chi connectivity index (χ2n) is 10.1. The summed E-state index contributed by atoms with van der Waals surface area (Å²) in [5.41, 5.74) is 2.31. The summed E-state index contributed by atoms with van der Waals surface area (Å²) in [5.74, 6) is -0.381. The molecule has 1 heterocycles. The van der Waals surface area contributed by atoms with Gasteiger partial charge in [-0.1, -0.05) is 61.5 Å². The summed E-state index contributed by atoms with van der Waals surface area (Å²) in [4.78, 5) is 25.5. The van der Waals surface area contributed by atoms with Gasteiger partial charge in [0, 0.05) is 24.9 Å². The molecule has 1 atom stereocenters. The zero-order chi connectivity index (χ0) is 29.1. The molecule has 10 heteroatoms. The van der Waals surface area contributed by atoms with E-state index in [0.717, 1.165) is 75.6 Å². The lowest BCUT2D eigenvalue weighted by Gasteiger charge is -2.33. The van der Waals surface area contributed by atoms with Crippen molar-refractivity contribution in [3.8, 4) is 0 Å². The molecule has 1 aliphatic heterocycles. The van der Waals surface area contributed by atoms with E-state index in [1.54, 1.807) is 19.2 Å². The minimum absolute atomic E-state index is 0.190. The van der Waals surface area contributed by atoms with Crippen LogP contribution in [0, 0.1) is 0 Å². The lowest BCUT2D eigenvalue weighted by Crippen LogP contribution is -2.32. The molecule has 40 heavy (non-hydrogen) atoms. The quantitative estimate of drug-likeness (QED) is 0.182. The maximum atomic E-state index is 13.7. The SMILES string of the molecule is COC(=O)CCCCCCN(CCCCCCC(=O)OC)C1c2ccccc2N(C)S(=O)(=O)c2cc(Cl)ccc21. The fraction of sp³-hybridized carbons (Fsp3) is 0.533. The Kier molecular flexibility index (Phi) is 12.3. The molecule has 8 nitrogen and oxygen atoms in total. The Labute approximate surface area is 243 Å². The molecule has 0 aromatic heterocycles. The average Bonchev–Trinajstić information content (AvgIpc) is 3.02. The number of nitrogens with zero attached hydrogens (tertiary/aromatic N) is 2. The van der Waals surface area contributed by atoms with Crippen LogP contribution in [0.2, 0.25) is 5.02 Å². The van der Waals surface area contributed by atoms with Crippen LogP contribution >= 0.6 is 11.6 Å². The van der Waals surface area contributed by atoms with Crippen LogP contribution in [0.25, 0.3) is 0 Å². The Bertz CT molecular complexity index is 1220. The van der Waals surface area contributed by atoms with E-state index in [1.807, 2.05) is 30.3 Å². The van der Waals surface area contributed by atoms with E-state index in [9.17, 15) is 18.0 Å². The summed E-state index contributed by atoms with van der Waals surface area (Å²) in [6, 6.07) is 12.6. The van der Waals surface area contributed by atoms with E-state index >= 15 is 0 Å². The number of carbonyl (C=O) groups is 2. The van der Waals surface area contributed by atoms with Gasteiger partial charge in [-0.05, 0) is 68.1 Å². The topological polar surface area (TPSA) is 93.2 Å². The number of hydrogen-bond acceptors (Lipinski definition) is 7. The van der Waals surface area contributed by atoms with E-state index in [4.69, 9.17) is 21.1 Å². The van der Waals surface area contributed by atoms with Gasteiger partial charge in [-0.2, -0.15) is 0 Å². The molecule has 0 spiro atoms. The normalized spacial score (nSPS) is 15.7. The van der Waals surface area contributed by atoms with Crippen molar-refractivity contribution in [2.45, 2.75) is 75.1 Å². The van der Waals surface area contributed by atoms with Gasteiger partial charge in [0.05, 0.1) is 30.8 Å². The number of unbranched alkanes of at least 4 members (excludes halogenated alkanes) is 6. The van der Waals surface area contributed by atoms with Gasteiger partial charge in [-0.15, -0.1) is 0 Å². The lowest BCUT2D eigenvalue weighted by atomic mass is 9.94. The highest BCUT2D eigenvalue weighted by Crippen LogP contribution is 2.43. The monoisotopic (exact) mass is 592 g/mol. The minimum Gasteiger partial charge on any atom is -0.469 e. The Morgan fingerprint density at radius 1 is 0.825 bits per heavy atom. The molecule has 2 aromatic carbocycles. The number of sulfonamides is 1. The first-order chi connectivity index (χ1) is 19.2. The minimum atomic E-state index is -3.81. The van der Waals surface area contributed by atoms with E-state index in [-0.39, 0.29) is 22.9 Å². The van der Waals surface area contributed by atoms with Crippen molar-refractivity contribution in [1.82, 2.24) is 4.90 Å². The Morgan fingerprint density at radius 2 is 1.38 bits per heavy atom. The summed E-state index contributed by atoms with van der Waals surface area (Å²) >= 11 is 6.31. The van der Waals surface area contributed by atoms with E-state index in [0.29, 0.717) is 23.6 Å². The summed E-state index contributed by atoms with van der Waals surface area (Å²) < 4.78 is 38.3. The van der Waals surface area contributed by atoms with Gasteiger partial charge in [0.2, 0.25) is 0 Å². The summed E-state index contributed by atoms with van der Waals surface area (Å²) in [5, 5.41) is 0.378. The van der Waals surface area contributed by atoms with Gasteiger partial charge < -0.3 is 9.47 Å². The number of anilines is 1. The first kappa shape index (κ1) is 31.9. The number of halogens is 1. The number of esters is 2. The van der Waals surface area contributed by atoms with E-state index in [2.05, 4.69) is 4.90 Å². The molecule has 0 amide bonds. The molecule has 3 rings (SSSR count). The van der Waals surface area contributed by atoms with Crippen molar-refractivity contribution >= 4 is 39.3 Å². The van der Waals surface area contributed by atoms with Crippen molar-refractivity contribution in [3.05, 3.63) is 58.6 Å². The lowest BCUT2D eigenvalue weighted by molar-refractivity contribution is -0.141. The first-order valence-electron chi connectivity index (χ1n) is 14.0. The van der Waals surface area contributed by atoms with Crippen LogP contribution < -0.4 is 4.31 Å². The summed E-state index contributed by atoms with van der Waals surface area (Å²) in [6.45, 7) is 1.54. The Balaban J connectivity index is 1.86. The molecule has 0 N–H and O–H groups in total. The number of methoxy groups -OCH3 is 2. The van der Waals surface area contributed by atoms with Crippen molar-refractivity contribution in [2.75, 3.05) is 38.7 Å². The molecule has 0 radical (unpaired) electrons. The predicted molar refractivity (Wildman–Crippen MR) is 157 cm³/mol. The highest BCUT2D eigenvalue weighted by Gasteiger charge is 2.37. The number of fused-ring (bicyclic) bond motifs is 2. The molecule has 0 saturated carbocycles. The number of hydrogen-bond donors (Lipinski definition) is 0. The van der Waals surface area contributed by atoms with Gasteiger partial charge in [0.1, 0.15) is 0 Å². The molecule has 0 saturated heterocycles. The maximum Gasteiger partial charge on any atom is 0.305 e. The largest absolute Gasteiger partial charge is 0.469 e. The predicted octanol–water partition coefficient (Wildman–Crippen LogP) is 6.12. The van der Waals surface area contributed by atoms with Crippen LogP contribution in [0.1, 0.15) is 81.4 Å². The van der Waals surface area contributed by atoms with E-state index in [1.165, 1.54) is 18.5 Å². The van der Waals surface area contributed by atoms with Crippen LogP contribution in [0.4, 0.5) is 5.69 Å². The molecular formula is C30H41ClN2O6S. The van der Waals surface area contributed by atoms with Crippen LogP contribution in [0.5, 0.6) is 0 Å². The Hall–Kier alpha value is -2.62. The molecule has 0 bridgehead atoms. The second kappa shape index (κ2) is 15.4. The van der Waals surface area contributed by atoms with E-state index < -0.39 is 10.0 Å². The van der Waals surface area contributed by atoms with Crippen molar-refractivity contribution in [3.63, 3.8) is 0 Å². The number of benzene rings is 2. The number of para-hydroxylation sites is 1. The summed E-state index contributed by atoms with van der Waals surface area (Å²) in [6.07, 6.45) is 7.95. The molecular weight excluding hydrogens is 552 g/mol. The van der Waals surface area contributed by atoms with Crippen LogP contribution in [-0.2, 0) is 29.1 Å². The number of ether oxygens (including phenoxy) is 2. The number of carbonyl (C=O) groups excluding carboxylic acids is 2. The number of rotatable bonds is 15. The third kappa shape index (κ3) is 8.21. The third-order valence-electron chi connectivity index (χ3n) is 7.45. The van der Waals surface area contributed by atoms with Gasteiger partial charge in [-0.3, -0.25) is 18.8 Å². The molecule has 2 aromatic rings. The molecule has 220 valence electrons.